The van der Waals surface area contributed by atoms with Crippen LogP contribution in [0.4, 0.5) is 0 Å². The van der Waals surface area contributed by atoms with Gasteiger partial charge < -0.3 is 14.8 Å². The van der Waals surface area contributed by atoms with Crippen LogP contribution in [0.25, 0.3) is 0 Å². The van der Waals surface area contributed by atoms with Crippen molar-refractivity contribution in [2.24, 2.45) is 0 Å². The maximum atomic E-state index is 5.84. The summed E-state index contributed by atoms with van der Waals surface area (Å²) in [7, 11) is 0. The zero-order valence-electron chi connectivity index (χ0n) is 11.7. The molecule has 1 aromatic rings. The van der Waals surface area contributed by atoms with Crippen molar-refractivity contribution in [3.05, 3.63) is 29.3 Å². The molecule has 0 radical (unpaired) electrons. The summed E-state index contributed by atoms with van der Waals surface area (Å²) in [5.41, 5.74) is 2.67. The number of nitrogens with one attached hydrogen (secondary N) is 1. The van der Waals surface area contributed by atoms with Gasteiger partial charge in [0.2, 0.25) is 0 Å². The number of ether oxygens (including phenoxy) is 2. The van der Waals surface area contributed by atoms with Gasteiger partial charge in [0.15, 0.2) is 0 Å². The molecule has 104 valence electrons. The summed E-state index contributed by atoms with van der Waals surface area (Å²) >= 11 is 0. The van der Waals surface area contributed by atoms with Gasteiger partial charge in [-0.2, -0.15) is 0 Å². The van der Waals surface area contributed by atoms with Gasteiger partial charge in [0.1, 0.15) is 5.75 Å². The number of benzene rings is 1. The molecule has 2 aliphatic rings. The molecule has 0 saturated carbocycles. The van der Waals surface area contributed by atoms with Crippen molar-refractivity contribution >= 4 is 0 Å². The lowest BCUT2D eigenvalue weighted by Crippen LogP contribution is -2.25. The summed E-state index contributed by atoms with van der Waals surface area (Å²) in [6.07, 6.45) is 4.89. The van der Waals surface area contributed by atoms with E-state index >= 15 is 0 Å². The van der Waals surface area contributed by atoms with Crippen LogP contribution in [-0.2, 0) is 11.2 Å². The van der Waals surface area contributed by atoms with Gasteiger partial charge in [-0.1, -0.05) is 25.1 Å². The minimum atomic E-state index is 0.348. The lowest BCUT2D eigenvalue weighted by atomic mass is 9.96. The van der Waals surface area contributed by atoms with Crippen molar-refractivity contribution < 1.29 is 9.47 Å². The molecule has 0 spiro atoms. The van der Waals surface area contributed by atoms with E-state index in [2.05, 4.69) is 30.4 Å². The standard InChI is InChI=1S/C16H23NO2/c1-2-17-15(11-13-6-4-9-18-13)14-7-3-5-12-8-10-19-16(12)14/h3,5,7,13,15,17H,2,4,6,8-11H2,1H3. The molecule has 1 N–H and O–H groups in total. The molecule has 1 fully saturated rings. The van der Waals surface area contributed by atoms with Crippen LogP contribution in [-0.4, -0.2) is 25.9 Å². The molecular weight excluding hydrogens is 238 g/mol. The Labute approximate surface area is 115 Å². The molecular formula is C16H23NO2. The first kappa shape index (κ1) is 12.9. The highest BCUT2D eigenvalue weighted by Gasteiger charge is 2.26. The van der Waals surface area contributed by atoms with E-state index in [9.17, 15) is 0 Å². The predicted octanol–water partition coefficient (Wildman–Crippen LogP) is 2.84. The number of rotatable bonds is 5. The second-order valence-electron chi connectivity index (χ2n) is 5.41. The van der Waals surface area contributed by atoms with Gasteiger partial charge in [-0.15, -0.1) is 0 Å². The summed E-state index contributed by atoms with van der Waals surface area (Å²) in [6.45, 7) is 4.88. The molecule has 3 nitrogen and oxygen atoms in total. The molecule has 0 amide bonds. The topological polar surface area (TPSA) is 30.5 Å². The Morgan fingerprint density at radius 3 is 3.11 bits per heavy atom. The highest BCUT2D eigenvalue weighted by atomic mass is 16.5. The van der Waals surface area contributed by atoms with E-state index in [-0.39, 0.29) is 0 Å². The number of hydrogen-bond acceptors (Lipinski definition) is 3. The quantitative estimate of drug-likeness (QED) is 0.884. The van der Waals surface area contributed by atoms with Crippen LogP contribution in [0.2, 0.25) is 0 Å². The molecule has 0 aromatic heterocycles. The van der Waals surface area contributed by atoms with Crippen LogP contribution in [0.5, 0.6) is 5.75 Å². The summed E-state index contributed by atoms with van der Waals surface area (Å²) in [5.74, 6) is 1.12. The van der Waals surface area contributed by atoms with E-state index in [4.69, 9.17) is 9.47 Å². The van der Waals surface area contributed by atoms with E-state index in [1.54, 1.807) is 0 Å². The zero-order valence-corrected chi connectivity index (χ0v) is 11.7. The molecule has 3 rings (SSSR count). The maximum absolute atomic E-state index is 5.84. The van der Waals surface area contributed by atoms with E-state index in [0.29, 0.717) is 12.1 Å². The van der Waals surface area contributed by atoms with Crippen molar-refractivity contribution in [1.29, 1.82) is 0 Å². The Bertz CT molecular complexity index is 427. The summed E-state index contributed by atoms with van der Waals surface area (Å²) in [4.78, 5) is 0. The largest absolute Gasteiger partial charge is 0.493 e. The monoisotopic (exact) mass is 261 g/mol. The fourth-order valence-electron chi connectivity index (χ4n) is 3.17. The molecule has 1 saturated heterocycles. The zero-order chi connectivity index (χ0) is 13.1. The van der Waals surface area contributed by atoms with Gasteiger partial charge in [0.25, 0.3) is 0 Å². The van der Waals surface area contributed by atoms with Crippen LogP contribution < -0.4 is 10.1 Å². The Hall–Kier alpha value is -1.06. The molecule has 2 aliphatic heterocycles. The number of hydrogen-bond donors (Lipinski definition) is 1. The van der Waals surface area contributed by atoms with Crippen molar-refractivity contribution in [3.63, 3.8) is 0 Å². The molecule has 2 heterocycles. The van der Waals surface area contributed by atoms with Crippen molar-refractivity contribution in [1.82, 2.24) is 5.32 Å². The van der Waals surface area contributed by atoms with Gasteiger partial charge in [0.05, 0.1) is 12.7 Å². The molecule has 2 unspecified atom stereocenters. The molecule has 19 heavy (non-hydrogen) atoms. The Kier molecular flexibility index (Phi) is 4.04. The number of para-hydroxylation sites is 1. The predicted molar refractivity (Wildman–Crippen MR) is 75.6 cm³/mol. The Morgan fingerprint density at radius 1 is 1.37 bits per heavy atom. The van der Waals surface area contributed by atoms with E-state index in [1.165, 1.54) is 24.0 Å². The maximum Gasteiger partial charge on any atom is 0.127 e. The molecule has 2 atom stereocenters. The minimum absolute atomic E-state index is 0.348. The Morgan fingerprint density at radius 2 is 2.32 bits per heavy atom. The van der Waals surface area contributed by atoms with E-state index in [1.807, 2.05) is 0 Å². The van der Waals surface area contributed by atoms with Crippen molar-refractivity contribution in [3.8, 4) is 5.75 Å². The van der Waals surface area contributed by atoms with Crippen LogP contribution >= 0.6 is 0 Å². The molecule has 1 aromatic carbocycles. The fourth-order valence-corrected chi connectivity index (χ4v) is 3.17. The first-order chi connectivity index (χ1) is 9.38. The van der Waals surface area contributed by atoms with Crippen LogP contribution in [0.3, 0.4) is 0 Å². The summed E-state index contributed by atoms with van der Waals surface area (Å²) < 4.78 is 11.6. The molecule has 3 heteroatoms. The second kappa shape index (κ2) is 5.93. The van der Waals surface area contributed by atoms with Gasteiger partial charge in [0, 0.05) is 24.6 Å². The average Bonchev–Trinajstić information content (AvgIpc) is 3.08. The van der Waals surface area contributed by atoms with Crippen LogP contribution in [0, 0.1) is 0 Å². The SMILES string of the molecule is CCNC(CC1CCCO1)c1cccc2c1OCC2. The first-order valence-corrected chi connectivity index (χ1v) is 7.48. The van der Waals surface area contributed by atoms with Crippen molar-refractivity contribution in [2.45, 2.75) is 44.8 Å². The minimum Gasteiger partial charge on any atom is -0.493 e. The van der Waals surface area contributed by atoms with Crippen LogP contribution in [0.15, 0.2) is 18.2 Å². The molecule has 0 bridgehead atoms. The van der Waals surface area contributed by atoms with Crippen molar-refractivity contribution in [2.75, 3.05) is 19.8 Å². The summed E-state index contributed by atoms with van der Waals surface area (Å²) in [5, 5.41) is 3.60. The second-order valence-corrected chi connectivity index (χ2v) is 5.41. The third-order valence-corrected chi connectivity index (χ3v) is 4.09. The third kappa shape index (κ3) is 2.77. The highest BCUT2D eigenvalue weighted by Crippen LogP contribution is 2.36. The van der Waals surface area contributed by atoms with Gasteiger partial charge in [-0.3, -0.25) is 0 Å². The lowest BCUT2D eigenvalue weighted by molar-refractivity contribution is 0.0944. The van der Waals surface area contributed by atoms with E-state index < -0.39 is 0 Å². The summed E-state index contributed by atoms with van der Waals surface area (Å²) in [6, 6.07) is 6.89. The highest BCUT2D eigenvalue weighted by molar-refractivity contribution is 5.45. The van der Waals surface area contributed by atoms with Crippen LogP contribution in [0.1, 0.15) is 43.4 Å². The fraction of sp³-hybridized carbons (Fsp3) is 0.625. The Balaban J connectivity index is 1.80. The van der Waals surface area contributed by atoms with E-state index in [0.717, 1.165) is 38.3 Å². The normalized spacial score (nSPS) is 23.1. The molecule has 0 aliphatic carbocycles. The average molecular weight is 261 g/mol. The van der Waals surface area contributed by atoms with Gasteiger partial charge in [-0.25, -0.2) is 0 Å². The third-order valence-electron chi connectivity index (χ3n) is 4.09. The first-order valence-electron chi connectivity index (χ1n) is 7.48. The number of fused-ring (bicyclic) bond motifs is 1. The smallest absolute Gasteiger partial charge is 0.127 e. The van der Waals surface area contributed by atoms with Gasteiger partial charge >= 0.3 is 0 Å². The lowest BCUT2D eigenvalue weighted by Gasteiger charge is -2.23. The van der Waals surface area contributed by atoms with Gasteiger partial charge in [-0.05, 0) is 31.4 Å².